The molecule has 136 valence electrons. The van der Waals surface area contributed by atoms with Gasteiger partial charge in [-0.25, -0.2) is 4.39 Å². The van der Waals surface area contributed by atoms with E-state index < -0.39 is 0 Å². The summed E-state index contributed by atoms with van der Waals surface area (Å²) in [4.78, 5) is 26.5. The lowest BCUT2D eigenvalue weighted by atomic mass is 9.95. The normalized spacial score (nSPS) is 21.3. The molecule has 2 aliphatic heterocycles. The van der Waals surface area contributed by atoms with Gasteiger partial charge in [-0.2, -0.15) is 0 Å². The fourth-order valence-electron chi connectivity index (χ4n) is 3.65. The highest BCUT2D eigenvalue weighted by atomic mass is 19.1. The molecule has 0 spiro atoms. The van der Waals surface area contributed by atoms with Crippen LogP contribution in [0.2, 0.25) is 0 Å². The number of hydrogen-bond donors (Lipinski definition) is 2. The summed E-state index contributed by atoms with van der Waals surface area (Å²) in [6.07, 6.45) is 4.05. The molecule has 3 rings (SSSR count). The second-order valence-electron chi connectivity index (χ2n) is 7.05. The highest BCUT2D eigenvalue weighted by Gasteiger charge is 2.27. The lowest BCUT2D eigenvalue weighted by Gasteiger charge is -2.31. The minimum absolute atomic E-state index is 0.0882. The van der Waals surface area contributed by atoms with Crippen LogP contribution in [0.4, 0.5) is 10.1 Å². The minimum atomic E-state index is -0.365. The summed E-state index contributed by atoms with van der Waals surface area (Å²) < 4.78 is 13.2. The Balaban J connectivity index is 1.41. The second kappa shape index (κ2) is 8.43. The molecule has 25 heavy (non-hydrogen) atoms. The van der Waals surface area contributed by atoms with Crippen molar-refractivity contribution in [2.24, 2.45) is 11.8 Å². The molecule has 2 amide bonds. The number of halogens is 1. The van der Waals surface area contributed by atoms with E-state index in [-0.39, 0.29) is 23.5 Å². The van der Waals surface area contributed by atoms with Gasteiger partial charge < -0.3 is 15.5 Å². The maximum atomic E-state index is 13.2. The van der Waals surface area contributed by atoms with Crippen LogP contribution in [0.3, 0.4) is 0 Å². The first-order chi connectivity index (χ1) is 12.1. The van der Waals surface area contributed by atoms with Crippen molar-refractivity contribution in [3.8, 4) is 0 Å². The van der Waals surface area contributed by atoms with Gasteiger partial charge in [0.2, 0.25) is 11.8 Å². The average molecular weight is 347 g/mol. The molecule has 5 nitrogen and oxygen atoms in total. The van der Waals surface area contributed by atoms with Gasteiger partial charge >= 0.3 is 0 Å². The third-order valence-electron chi connectivity index (χ3n) is 5.24. The summed E-state index contributed by atoms with van der Waals surface area (Å²) in [5, 5.41) is 6.09. The summed E-state index contributed by atoms with van der Waals surface area (Å²) in [5.41, 5.74) is 0.480. The van der Waals surface area contributed by atoms with Crippen LogP contribution in [0.25, 0.3) is 0 Å². The molecule has 1 unspecified atom stereocenters. The number of carbonyl (C=O) groups is 2. The first-order valence-electron chi connectivity index (χ1n) is 9.17. The quantitative estimate of drug-likeness (QED) is 0.860. The highest BCUT2D eigenvalue weighted by Crippen LogP contribution is 2.22. The molecule has 2 N–H and O–H groups in total. The van der Waals surface area contributed by atoms with E-state index in [2.05, 4.69) is 10.6 Å². The molecule has 6 heteroatoms. The Labute approximate surface area is 148 Å². The van der Waals surface area contributed by atoms with Crippen molar-refractivity contribution in [2.75, 3.05) is 31.5 Å². The molecule has 0 radical (unpaired) electrons. The van der Waals surface area contributed by atoms with Gasteiger partial charge in [0.05, 0.1) is 0 Å². The Morgan fingerprint density at radius 3 is 2.72 bits per heavy atom. The minimum Gasteiger partial charge on any atom is -0.343 e. The van der Waals surface area contributed by atoms with E-state index in [0.717, 1.165) is 25.9 Å². The first-order valence-corrected chi connectivity index (χ1v) is 9.17. The molecule has 2 aliphatic rings. The lowest BCUT2D eigenvalue weighted by molar-refractivity contribution is -0.134. The van der Waals surface area contributed by atoms with E-state index in [1.807, 2.05) is 4.90 Å². The van der Waals surface area contributed by atoms with Crippen molar-refractivity contribution >= 4 is 17.5 Å². The summed E-state index contributed by atoms with van der Waals surface area (Å²) >= 11 is 0. The summed E-state index contributed by atoms with van der Waals surface area (Å²) in [7, 11) is 0. The largest absolute Gasteiger partial charge is 0.343 e. The van der Waals surface area contributed by atoms with Gasteiger partial charge in [-0.15, -0.1) is 0 Å². The number of carbonyl (C=O) groups excluding carboxylic acids is 2. The lowest BCUT2D eigenvalue weighted by Crippen LogP contribution is -2.41. The van der Waals surface area contributed by atoms with Gasteiger partial charge in [-0.1, -0.05) is 6.07 Å². The van der Waals surface area contributed by atoms with Crippen molar-refractivity contribution in [1.29, 1.82) is 0 Å². The van der Waals surface area contributed by atoms with Crippen LogP contribution in [0.15, 0.2) is 24.3 Å². The number of piperidine rings is 1. The van der Waals surface area contributed by atoms with Crippen molar-refractivity contribution in [3.05, 3.63) is 30.1 Å². The van der Waals surface area contributed by atoms with Crippen molar-refractivity contribution < 1.29 is 14.0 Å². The van der Waals surface area contributed by atoms with E-state index in [9.17, 15) is 14.0 Å². The van der Waals surface area contributed by atoms with Gasteiger partial charge in [0.1, 0.15) is 5.82 Å². The van der Waals surface area contributed by atoms with Gasteiger partial charge in [-0.05, 0) is 62.9 Å². The number of likely N-dealkylation sites (tertiary alicyclic amines) is 1. The third kappa shape index (κ3) is 5.01. The molecule has 1 aromatic rings. The number of nitrogens with one attached hydrogen (secondary N) is 2. The van der Waals surface area contributed by atoms with Gasteiger partial charge in [0, 0.05) is 31.1 Å². The molecule has 2 fully saturated rings. The Morgan fingerprint density at radius 1 is 1.24 bits per heavy atom. The summed E-state index contributed by atoms with van der Waals surface area (Å²) in [6.45, 7) is 3.34. The molecule has 0 saturated carbocycles. The van der Waals surface area contributed by atoms with Crippen molar-refractivity contribution in [2.45, 2.75) is 32.1 Å². The predicted molar refractivity (Wildman–Crippen MR) is 94.5 cm³/mol. The fraction of sp³-hybridized carbons (Fsp3) is 0.579. The number of hydrogen-bond acceptors (Lipinski definition) is 3. The molecule has 1 atom stereocenters. The zero-order valence-electron chi connectivity index (χ0n) is 14.5. The van der Waals surface area contributed by atoms with Gasteiger partial charge in [0.25, 0.3) is 0 Å². The van der Waals surface area contributed by atoms with Crippen LogP contribution >= 0.6 is 0 Å². The average Bonchev–Trinajstić information content (AvgIpc) is 3.13. The molecular formula is C19H26FN3O2. The van der Waals surface area contributed by atoms with Crippen LogP contribution in [0.1, 0.15) is 32.1 Å². The molecule has 0 aromatic heterocycles. The van der Waals surface area contributed by atoms with Crippen molar-refractivity contribution in [1.82, 2.24) is 10.2 Å². The summed E-state index contributed by atoms with van der Waals surface area (Å²) in [5.74, 6) is 0.256. The maximum absolute atomic E-state index is 13.2. The monoisotopic (exact) mass is 347 g/mol. The van der Waals surface area contributed by atoms with E-state index in [1.165, 1.54) is 12.1 Å². The smallest absolute Gasteiger partial charge is 0.227 e. The third-order valence-corrected chi connectivity index (χ3v) is 5.24. The highest BCUT2D eigenvalue weighted by molar-refractivity contribution is 5.92. The number of amides is 2. The van der Waals surface area contributed by atoms with Crippen LogP contribution in [0.5, 0.6) is 0 Å². The maximum Gasteiger partial charge on any atom is 0.227 e. The predicted octanol–water partition coefficient (Wildman–Crippen LogP) is 2.39. The standard InChI is InChI=1S/C19H26FN3O2/c20-16-2-1-3-17(12-16)22-19(25)15-7-10-23(11-8-15)18(24)5-4-14-6-9-21-13-14/h1-3,12,14-15,21H,4-11,13H2,(H,22,25). The molecule has 0 bridgehead atoms. The van der Waals surface area contributed by atoms with Crippen molar-refractivity contribution in [3.63, 3.8) is 0 Å². The van der Waals surface area contributed by atoms with Crippen LogP contribution in [-0.2, 0) is 9.59 Å². The number of benzene rings is 1. The number of nitrogens with zero attached hydrogens (tertiary/aromatic N) is 1. The summed E-state index contributed by atoms with van der Waals surface area (Å²) in [6, 6.07) is 5.92. The second-order valence-corrected chi connectivity index (χ2v) is 7.05. The SMILES string of the molecule is O=C(Nc1cccc(F)c1)C1CCN(C(=O)CCC2CCNC2)CC1. The Kier molecular flexibility index (Phi) is 6.02. The Hall–Kier alpha value is -1.95. The topological polar surface area (TPSA) is 61.4 Å². The Bertz CT molecular complexity index is 608. The molecule has 2 heterocycles. The fourth-order valence-corrected chi connectivity index (χ4v) is 3.65. The van der Waals surface area contributed by atoms with E-state index in [4.69, 9.17) is 0 Å². The first kappa shape index (κ1) is 17.9. The van der Waals surface area contributed by atoms with Gasteiger partial charge in [-0.3, -0.25) is 9.59 Å². The van der Waals surface area contributed by atoms with Crippen LogP contribution in [0, 0.1) is 17.7 Å². The van der Waals surface area contributed by atoms with E-state index in [0.29, 0.717) is 44.0 Å². The molecule has 1 aromatic carbocycles. The van der Waals surface area contributed by atoms with Crippen LogP contribution in [-0.4, -0.2) is 42.9 Å². The van der Waals surface area contributed by atoms with E-state index >= 15 is 0 Å². The van der Waals surface area contributed by atoms with E-state index in [1.54, 1.807) is 12.1 Å². The number of rotatable bonds is 5. The zero-order chi connectivity index (χ0) is 17.6. The molecule has 0 aliphatic carbocycles. The van der Waals surface area contributed by atoms with Crippen LogP contribution < -0.4 is 10.6 Å². The number of anilines is 1. The molecule has 2 saturated heterocycles. The molecular weight excluding hydrogens is 321 g/mol. The zero-order valence-corrected chi connectivity index (χ0v) is 14.5. The Morgan fingerprint density at radius 2 is 2.04 bits per heavy atom. The van der Waals surface area contributed by atoms with Gasteiger partial charge in [0.15, 0.2) is 0 Å².